The number of likely N-dealkylation sites (tertiary alicyclic amines) is 1. The standard InChI is InChI=1S/C17H17N5O2/c1-21-14(7-9-18-21)17(23)22-10-8-13(11-22)16-19-15(20-24-16)12-5-3-2-4-6-12/h2-7,9,13H,8,10-11H2,1H3/t13-/m0/s1. The number of carbonyl (C=O) groups is 1. The van der Waals surface area contributed by atoms with Crippen molar-refractivity contribution in [2.24, 2.45) is 7.05 Å². The molecule has 1 fully saturated rings. The summed E-state index contributed by atoms with van der Waals surface area (Å²) in [6, 6.07) is 11.5. The van der Waals surface area contributed by atoms with E-state index >= 15 is 0 Å². The first-order valence-electron chi connectivity index (χ1n) is 7.88. The van der Waals surface area contributed by atoms with E-state index in [0.717, 1.165) is 12.0 Å². The molecule has 0 aliphatic carbocycles. The number of aryl methyl sites for hydroxylation is 1. The van der Waals surface area contributed by atoms with Gasteiger partial charge in [-0.3, -0.25) is 9.48 Å². The molecule has 122 valence electrons. The van der Waals surface area contributed by atoms with Crippen LogP contribution >= 0.6 is 0 Å². The van der Waals surface area contributed by atoms with Crippen LogP contribution < -0.4 is 0 Å². The molecular weight excluding hydrogens is 306 g/mol. The van der Waals surface area contributed by atoms with E-state index in [1.807, 2.05) is 35.2 Å². The molecule has 1 aliphatic rings. The van der Waals surface area contributed by atoms with Gasteiger partial charge in [0.1, 0.15) is 5.69 Å². The van der Waals surface area contributed by atoms with Crippen LogP contribution in [0.2, 0.25) is 0 Å². The van der Waals surface area contributed by atoms with Crippen LogP contribution in [0, 0.1) is 0 Å². The van der Waals surface area contributed by atoms with Gasteiger partial charge in [-0.1, -0.05) is 35.5 Å². The number of rotatable bonds is 3. The average molecular weight is 323 g/mol. The third-order valence-corrected chi connectivity index (χ3v) is 4.34. The smallest absolute Gasteiger partial charge is 0.272 e. The number of benzene rings is 1. The fourth-order valence-electron chi connectivity index (χ4n) is 3.00. The number of hydrogen-bond acceptors (Lipinski definition) is 5. The lowest BCUT2D eigenvalue weighted by atomic mass is 10.1. The molecule has 0 spiro atoms. The third-order valence-electron chi connectivity index (χ3n) is 4.34. The van der Waals surface area contributed by atoms with Crippen LogP contribution in [-0.2, 0) is 7.05 Å². The van der Waals surface area contributed by atoms with Gasteiger partial charge in [0, 0.05) is 31.9 Å². The summed E-state index contributed by atoms with van der Waals surface area (Å²) in [7, 11) is 1.77. The number of aromatic nitrogens is 4. The van der Waals surface area contributed by atoms with Crippen molar-refractivity contribution in [3.63, 3.8) is 0 Å². The quantitative estimate of drug-likeness (QED) is 0.737. The van der Waals surface area contributed by atoms with E-state index in [0.29, 0.717) is 30.5 Å². The molecule has 7 nitrogen and oxygen atoms in total. The summed E-state index contributed by atoms with van der Waals surface area (Å²) in [6.07, 6.45) is 2.45. The molecule has 1 atom stereocenters. The van der Waals surface area contributed by atoms with Crippen LogP contribution in [-0.4, -0.2) is 43.8 Å². The minimum absolute atomic E-state index is 0.0136. The molecule has 2 aromatic heterocycles. The average Bonchev–Trinajstić information content (AvgIpc) is 3.35. The Morgan fingerprint density at radius 3 is 2.83 bits per heavy atom. The van der Waals surface area contributed by atoms with Crippen molar-refractivity contribution in [2.75, 3.05) is 13.1 Å². The van der Waals surface area contributed by atoms with Crippen molar-refractivity contribution in [3.05, 3.63) is 54.2 Å². The number of amides is 1. The molecule has 0 saturated carbocycles. The first kappa shape index (κ1) is 14.6. The van der Waals surface area contributed by atoms with E-state index in [1.165, 1.54) is 0 Å². The van der Waals surface area contributed by atoms with Crippen LogP contribution in [0.25, 0.3) is 11.4 Å². The Bertz CT molecular complexity index is 855. The number of nitrogens with zero attached hydrogens (tertiary/aromatic N) is 5. The minimum Gasteiger partial charge on any atom is -0.339 e. The third kappa shape index (κ3) is 2.58. The van der Waals surface area contributed by atoms with E-state index in [1.54, 1.807) is 24.0 Å². The van der Waals surface area contributed by atoms with Crippen molar-refractivity contribution in [1.29, 1.82) is 0 Å². The molecule has 7 heteroatoms. The molecule has 3 aromatic rings. The summed E-state index contributed by atoms with van der Waals surface area (Å²) in [5.74, 6) is 1.24. The molecular formula is C17H17N5O2. The highest BCUT2D eigenvalue weighted by Crippen LogP contribution is 2.28. The minimum atomic E-state index is -0.0136. The molecule has 0 bridgehead atoms. The normalized spacial score (nSPS) is 17.4. The van der Waals surface area contributed by atoms with Gasteiger partial charge in [-0.05, 0) is 12.5 Å². The van der Waals surface area contributed by atoms with E-state index in [2.05, 4.69) is 15.2 Å². The molecule has 1 saturated heterocycles. The monoisotopic (exact) mass is 323 g/mol. The van der Waals surface area contributed by atoms with Gasteiger partial charge < -0.3 is 9.42 Å². The Kier molecular flexibility index (Phi) is 3.60. The maximum absolute atomic E-state index is 12.5. The lowest BCUT2D eigenvalue weighted by Gasteiger charge is -2.15. The van der Waals surface area contributed by atoms with Gasteiger partial charge >= 0.3 is 0 Å². The van der Waals surface area contributed by atoms with Crippen LogP contribution in [0.1, 0.15) is 28.7 Å². The number of carbonyl (C=O) groups excluding carboxylic acids is 1. The predicted octanol–water partition coefficient (Wildman–Crippen LogP) is 2.10. The largest absolute Gasteiger partial charge is 0.339 e. The maximum Gasteiger partial charge on any atom is 0.272 e. The lowest BCUT2D eigenvalue weighted by molar-refractivity contribution is 0.0778. The van der Waals surface area contributed by atoms with Gasteiger partial charge in [0.05, 0.1) is 5.92 Å². The molecule has 24 heavy (non-hydrogen) atoms. The molecule has 0 radical (unpaired) electrons. The SMILES string of the molecule is Cn1nccc1C(=O)N1CC[C@H](c2nc(-c3ccccc3)no2)C1. The van der Waals surface area contributed by atoms with E-state index in [-0.39, 0.29) is 11.8 Å². The summed E-state index contributed by atoms with van der Waals surface area (Å²) in [4.78, 5) is 18.8. The van der Waals surface area contributed by atoms with Crippen LogP contribution in [0.3, 0.4) is 0 Å². The van der Waals surface area contributed by atoms with Crippen molar-refractivity contribution in [2.45, 2.75) is 12.3 Å². The summed E-state index contributed by atoms with van der Waals surface area (Å²) >= 11 is 0. The molecule has 0 unspecified atom stereocenters. The summed E-state index contributed by atoms with van der Waals surface area (Å²) in [5.41, 5.74) is 1.51. The first-order chi connectivity index (χ1) is 11.7. The fraction of sp³-hybridized carbons (Fsp3) is 0.294. The zero-order valence-electron chi connectivity index (χ0n) is 13.3. The Balaban J connectivity index is 1.49. The van der Waals surface area contributed by atoms with Gasteiger partial charge in [-0.15, -0.1) is 0 Å². The van der Waals surface area contributed by atoms with E-state index in [4.69, 9.17) is 4.52 Å². The topological polar surface area (TPSA) is 77.1 Å². The lowest BCUT2D eigenvalue weighted by Crippen LogP contribution is -2.30. The zero-order chi connectivity index (χ0) is 16.5. The molecule has 0 N–H and O–H groups in total. The van der Waals surface area contributed by atoms with Crippen LogP contribution in [0.4, 0.5) is 0 Å². The van der Waals surface area contributed by atoms with Crippen LogP contribution in [0.15, 0.2) is 47.1 Å². The summed E-state index contributed by atoms with van der Waals surface area (Å²) in [6.45, 7) is 1.26. The Morgan fingerprint density at radius 2 is 2.08 bits per heavy atom. The zero-order valence-corrected chi connectivity index (χ0v) is 13.3. The van der Waals surface area contributed by atoms with Crippen molar-refractivity contribution in [1.82, 2.24) is 24.8 Å². The second kappa shape index (κ2) is 5.92. The Morgan fingerprint density at radius 1 is 1.25 bits per heavy atom. The molecule has 1 amide bonds. The first-order valence-corrected chi connectivity index (χ1v) is 7.88. The van der Waals surface area contributed by atoms with Gasteiger partial charge in [0.25, 0.3) is 5.91 Å². The highest BCUT2D eigenvalue weighted by atomic mass is 16.5. The highest BCUT2D eigenvalue weighted by molar-refractivity contribution is 5.92. The Labute approximate surface area is 138 Å². The second-order valence-corrected chi connectivity index (χ2v) is 5.90. The molecule has 3 heterocycles. The van der Waals surface area contributed by atoms with Crippen LogP contribution in [0.5, 0.6) is 0 Å². The molecule has 4 rings (SSSR count). The van der Waals surface area contributed by atoms with Crippen molar-refractivity contribution < 1.29 is 9.32 Å². The second-order valence-electron chi connectivity index (χ2n) is 5.90. The van der Waals surface area contributed by atoms with E-state index in [9.17, 15) is 4.79 Å². The molecule has 1 aromatic carbocycles. The molecule has 1 aliphatic heterocycles. The van der Waals surface area contributed by atoms with Crippen molar-refractivity contribution >= 4 is 5.91 Å². The Hall–Kier alpha value is -2.96. The van der Waals surface area contributed by atoms with Gasteiger partial charge in [-0.2, -0.15) is 10.1 Å². The van der Waals surface area contributed by atoms with E-state index < -0.39 is 0 Å². The highest BCUT2D eigenvalue weighted by Gasteiger charge is 2.32. The van der Waals surface area contributed by atoms with Crippen molar-refractivity contribution in [3.8, 4) is 11.4 Å². The maximum atomic E-state index is 12.5. The predicted molar refractivity (Wildman–Crippen MR) is 86.2 cm³/mol. The van der Waals surface area contributed by atoms with Gasteiger partial charge in [0.2, 0.25) is 11.7 Å². The van der Waals surface area contributed by atoms with Gasteiger partial charge in [-0.25, -0.2) is 0 Å². The fourth-order valence-corrected chi connectivity index (χ4v) is 3.00. The number of hydrogen-bond donors (Lipinski definition) is 0. The summed E-state index contributed by atoms with van der Waals surface area (Å²) in [5, 5.41) is 8.11. The van der Waals surface area contributed by atoms with Gasteiger partial charge in [0.15, 0.2) is 0 Å². The summed E-state index contributed by atoms with van der Waals surface area (Å²) < 4.78 is 7.02.